The van der Waals surface area contributed by atoms with E-state index in [4.69, 9.17) is 4.74 Å². The van der Waals surface area contributed by atoms with Crippen LogP contribution in [0.2, 0.25) is 0 Å². The second-order valence-corrected chi connectivity index (χ2v) is 11.6. The van der Waals surface area contributed by atoms with Crippen LogP contribution in [0.15, 0.2) is 18.3 Å². The molecular weight excluding hydrogens is 388 g/mol. The van der Waals surface area contributed by atoms with E-state index in [9.17, 15) is 10.2 Å². The number of H-pyrrole nitrogens is 1. The molecule has 0 radical (unpaired) electrons. The summed E-state index contributed by atoms with van der Waals surface area (Å²) in [5.41, 5.74) is 3.27. The van der Waals surface area contributed by atoms with Crippen molar-refractivity contribution in [2.24, 2.45) is 5.41 Å². The topological polar surface area (TPSA) is 68.7 Å². The van der Waals surface area contributed by atoms with E-state index < -0.39 is 11.8 Å². The smallest absolute Gasteiger partial charge is 0.132 e. The fourth-order valence-electron chi connectivity index (χ4n) is 7.39. The minimum Gasteiger partial charge on any atom is -0.489 e. The Morgan fingerprint density at radius 2 is 1.90 bits per heavy atom. The molecule has 3 saturated carbocycles. The maximum atomic E-state index is 11.4. The number of aliphatic hydroxyl groups excluding tert-OH is 1. The lowest BCUT2D eigenvalue weighted by molar-refractivity contribution is -0.221. The van der Waals surface area contributed by atoms with Crippen molar-refractivity contribution in [3.63, 3.8) is 0 Å². The Morgan fingerprint density at radius 3 is 2.55 bits per heavy atom. The predicted octanol–water partition coefficient (Wildman–Crippen LogP) is 4.60. The van der Waals surface area contributed by atoms with Gasteiger partial charge in [-0.1, -0.05) is 19.9 Å². The van der Waals surface area contributed by atoms with Gasteiger partial charge in [0.2, 0.25) is 0 Å². The third kappa shape index (κ3) is 3.32. The first-order valence-corrected chi connectivity index (χ1v) is 12.2. The second-order valence-electron chi connectivity index (χ2n) is 11.6. The number of hydrogen-bond acceptors (Lipinski definition) is 4. The van der Waals surface area contributed by atoms with Crippen molar-refractivity contribution in [2.45, 2.75) is 108 Å². The summed E-state index contributed by atoms with van der Waals surface area (Å²) in [5.74, 6) is 1.23. The second kappa shape index (κ2) is 6.72. The average molecular weight is 425 g/mol. The van der Waals surface area contributed by atoms with Gasteiger partial charge in [0.05, 0.1) is 11.7 Å². The van der Waals surface area contributed by atoms with E-state index in [0.717, 1.165) is 56.2 Å². The molecule has 31 heavy (non-hydrogen) atoms. The first kappa shape index (κ1) is 20.1. The summed E-state index contributed by atoms with van der Waals surface area (Å²) in [6.45, 7) is 6.68. The number of nitrogens with one attached hydrogen (secondary N) is 1. The van der Waals surface area contributed by atoms with Gasteiger partial charge in [-0.25, -0.2) is 0 Å². The Balaban J connectivity index is 1.25. The summed E-state index contributed by atoms with van der Waals surface area (Å²) in [7, 11) is 0. The van der Waals surface area contributed by atoms with Crippen LogP contribution >= 0.6 is 0 Å². The zero-order valence-corrected chi connectivity index (χ0v) is 19.0. The molecule has 1 aromatic heterocycles. The van der Waals surface area contributed by atoms with E-state index in [1.807, 2.05) is 0 Å². The number of aliphatic hydroxyl groups is 2. The Morgan fingerprint density at radius 1 is 1.19 bits per heavy atom. The molecule has 3 heterocycles. The molecule has 0 spiro atoms. The van der Waals surface area contributed by atoms with Crippen LogP contribution < -0.4 is 4.74 Å². The van der Waals surface area contributed by atoms with Crippen LogP contribution in [0.1, 0.15) is 82.3 Å². The third-order valence-corrected chi connectivity index (χ3v) is 8.56. The minimum atomic E-state index is -0.508. The molecule has 5 aliphatic rings. The van der Waals surface area contributed by atoms with Crippen LogP contribution in [0, 0.1) is 12.3 Å². The number of nitrogens with zero attached hydrogens (tertiary/aromatic N) is 1. The molecule has 5 heteroatoms. The molecule has 168 valence electrons. The predicted molar refractivity (Wildman–Crippen MR) is 121 cm³/mol. The average Bonchev–Trinajstić information content (AvgIpc) is 3.37. The molecule has 2 aromatic rings. The standard InChI is InChI=1S/C26H36N2O3/c1-15-4-7-21-23(24(15)31-19-5-6-19)20(13-27-21)16(2)8-22(29)28-17-9-25(3)10-18(28)12-26(30,11-17)14-25/h4,7,13,16-19,22,27,29-30H,5-6,8-12,14H2,1-3H3. The molecule has 2 saturated heterocycles. The molecule has 1 aromatic carbocycles. The van der Waals surface area contributed by atoms with Gasteiger partial charge in [0.1, 0.15) is 12.0 Å². The molecule has 0 amide bonds. The summed E-state index contributed by atoms with van der Waals surface area (Å²) in [6, 6.07) is 4.88. The van der Waals surface area contributed by atoms with E-state index in [1.54, 1.807) is 0 Å². The number of fused-ring (bicyclic) bond motifs is 1. The normalized spacial score (nSPS) is 36.8. The Hall–Kier alpha value is -1.56. The van der Waals surface area contributed by atoms with Gasteiger partial charge in [-0.15, -0.1) is 0 Å². The number of piperidine rings is 2. The monoisotopic (exact) mass is 424 g/mol. The Kier molecular flexibility index (Phi) is 4.35. The van der Waals surface area contributed by atoms with Crippen molar-refractivity contribution in [3.05, 3.63) is 29.5 Å². The SMILES string of the molecule is Cc1ccc2[nH]cc(C(C)CC(O)N3C4CC5(C)CC3CC(O)(C4)C5)c2c1OC1CC1. The van der Waals surface area contributed by atoms with Gasteiger partial charge in [-0.2, -0.15) is 0 Å². The zero-order chi connectivity index (χ0) is 21.5. The number of aromatic amines is 1. The largest absolute Gasteiger partial charge is 0.489 e. The third-order valence-electron chi connectivity index (χ3n) is 8.56. The number of rotatable bonds is 6. The molecule has 4 bridgehead atoms. The first-order valence-electron chi connectivity index (χ1n) is 12.2. The van der Waals surface area contributed by atoms with Crippen molar-refractivity contribution in [1.29, 1.82) is 0 Å². The van der Waals surface area contributed by atoms with Crippen molar-refractivity contribution in [3.8, 4) is 5.75 Å². The summed E-state index contributed by atoms with van der Waals surface area (Å²) in [5, 5.41) is 23.6. The van der Waals surface area contributed by atoms with Crippen LogP contribution in [0.25, 0.3) is 10.9 Å². The molecule has 3 aliphatic carbocycles. The van der Waals surface area contributed by atoms with Gasteiger partial charge in [0, 0.05) is 29.2 Å². The highest BCUT2D eigenvalue weighted by atomic mass is 16.5. The van der Waals surface area contributed by atoms with Crippen LogP contribution in [-0.4, -0.2) is 50.1 Å². The lowest BCUT2D eigenvalue weighted by Gasteiger charge is -2.64. The lowest BCUT2D eigenvalue weighted by atomic mass is 9.54. The number of aryl methyl sites for hydroxylation is 1. The van der Waals surface area contributed by atoms with Crippen molar-refractivity contribution < 1.29 is 14.9 Å². The maximum Gasteiger partial charge on any atom is 0.132 e. The highest BCUT2D eigenvalue weighted by molar-refractivity contribution is 5.91. The summed E-state index contributed by atoms with van der Waals surface area (Å²) in [6.07, 6.45) is 9.76. The number of ether oxygens (including phenoxy) is 1. The summed E-state index contributed by atoms with van der Waals surface area (Å²) in [4.78, 5) is 5.79. The van der Waals surface area contributed by atoms with Crippen molar-refractivity contribution in [1.82, 2.24) is 9.88 Å². The van der Waals surface area contributed by atoms with Crippen LogP contribution in [0.3, 0.4) is 0 Å². The van der Waals surface area contributed by atoms with Gasteiger partial charge >= 0.3 is 0 Å². The summed E-state index contributed by atoms with van der Waals surface area (Å²) < 4.78 is 6.32. The molecule has 2 aliphatic heterocycles. The number of benzene rings is 1. The van der Waals surface area contributed by atoms with Crippen LogP contribution in [0.5, 0.6) is 5.75 Å². The Bertz CT molecular complexity index is 973. The first-order chi connectivity index (χ1) is 14.7. The van der Waals surface area contributed by atoms with E-state index in [0.29, 0.717) is 24.6 Å². The molecular formula is C26H36N2O3. The van der Waals surface area contributed by atoms with Gasteiger partial charge < -0.3 is 19.9 Å². The van der Waals surface area contributed by atoms with Crippen LogP contribution in [-0.2, 0) is 0 Å². The quantitative estimate of drug-likeness (QED) is 0.634. The minimum absolute atomic E-state index is 0.211. The van der Waals surface area contributed by atoms with E-state index in [2.05, 4.69) is 49.0 Å². The van der Waals surface area contributed by atoms with Crippen molar-refractivity contribution >= 4 is 10.9 Å². The molecule has 3 N–H and O–H groups in total. The molecule has 5 fully saturated rings. The Labute approximate surface area is 184 Å². The lowest BCUT2D eigenvalue weighted by Crippen LogP contribution is -2.69. The van der Waals surface area contributed by atoms with Gasteiger partial charge in [0.25, 0.3) is 0 Å². The van der Waals surface area contributed by atoms with Crippen LogP contribution in [0.4, 0.5) is 0 Å². The molecule has 4 atom stereocenters. The maximum absolute atomic E-state index is 11.4. The number of hydrogen-bond donors (Lipinski definition) is 3. The number of aromatic nitrogens is 1. The van der Waals surface area contributed by atoms with E-state index >= 15 is 0 Å². The van der Waals surface area contributed by atoms with Crippen molar-refractivity contribution in [2.75, 3.05) is 0 Å². The highest BCUT2D eigenvalue weighted by Crippen LogP contribution is 2.58. The fraction of sp³-hybridized carbons (Fsp3) is 0.692. The zero-order valence-electron chi connectivity index (χ0n) is 19.0. The molecule has 5 nitrogen and oxygen atoms in total. The van der Waals surface area contributed by atoms with Gasteiger partial charge in [-0.3, -0.25) is 4.90 Å². The fourth-order valence-corrected chi connectivity index (χ4v) is 7.39. The summed E-state index contributed by atoms with van der Waals surface area (Å²) >= 11 is 0. The van der Waals surface area contributed by atoms with E-state index in [1.165, 1.54) is 16.5 Å². The van der Waals surface area contributed by atoms with Gasteiger partial charge in [-0.05, 0) is 86.8 Å². The van der Waals surface area contributed by atoms with Gasteiger partial charge in [0.15, 0.2) is 0 Å². The highest BCUT2D eigenvalue weighted by Gasteiger charge is 2.59. The molecule has 4 unspecified atom stereocenters. The van der Waals surface area contributed by atoms with E-state index in [-0.39, 0.29) is 11.3 Å². The molecule has 7 rings (SSSR count).